The minimum atomic E-state index is -0.624. The number of nitrogens with two attached hydrogens (primary N) is 1. The second-order valence-electron chi connectivity index (χ2n) is 2.90. The van der Waals surface area contributed by atoms with Crippen molar-refractivity contribution in [3.05, 3.63) is 0 Å². The lowest BCUT2D eigenvalue weighted by Gasteiger charge is -2.07. The molecule has 0 saturated carbocycles. The second-order valence-corrected chi connectivity index (χ2v) is 2.90. The van der Waals surface area contributed by atoms with E-state index in [4.69, 9.17) is 15.7 Å². The molecule has 6 nitrogen and oxygen atoms in total. The van der Waals surface area contributed by atoms with Crippen molar-refractivity contribution < 1.29 is 14.3 Å². The first-order chi connectivity index (χ1) is 7.11. The number of rotatable bonds is 7. The van der Waals surface area contributed by atoms with E-state index in [2.05, 4.69) is 5.32 Å². The van der Waals surface area contributed by atoms with Gasteiger partial charge in [-0.3, -0.25) is 9.59 Å². The predicted octanol–water partition coefficient (Wildman–Crippen LogP) is -0.846. The molecular weight excluding hydrogens is 198 g/mol. The Balaban J connectivity index is 3.55. The number of carbonyl (C=O) groups is 2. The largest absolute Gasteiger partial charge is 0.370 e. The van der Waals surface area contributed by atoms with Gasteiger partial charge in [0.2, 0.25) is 11.8 Å². The summed E-state index contributed by atoms with van der Waals surface area (Å²) in [5, 5.41) is 11.1. The fourth-order valence-electron chi connectivity index (χ4n) is 0.878. The number of primary amides is 1. The summed E-state index contributed by atoms with van der Waals surface area (Å²) in [5.41, 5.74) is 4.83. The molecular formula is C9H15N3O3. The van der Waals surface area contributed by atoms with E-state index in [1.165, 1.54) is 0 Å². The standard InChI is InChI=1S/C9H15N3O3/c1-2-7(5-10)9(14)12-3-4-15-6-8(11)13/h7H,2-4,6H2,1H3,(H2,11,13)(H,12,14). The Morgan fingerprint density at radius 3 is 2.73 bits per heavy atom. The zero-order valence-corrected chi connectivity index (χ0v) is 8.66. The lowest BCUT2D eigenvalue weighted by molar-refractivity contribution is -0.124. The van der Waals surface area contributed by atoms with Crippen molar-refractivity contribution in [1.29, 1.82) is 5.26 Å². The molecule has 84 valence electrons. The van der Waals surface area contributed by atoms with Crippen LogP contribution in [-0.4, -0.2) is 31.6 Å². The van der Waals surface area contributed by atoms with E-state index in [0.29, 0.717) is 6.42 Å². The number of nitrogens with one attached hydrogen (secondary N) is 1. The van der Waals surface area contributed by atoms with Crippen molar-refractivity contribution in [1.82, 2.24) is 5.32 Å². The second kappa shape index (κ2) is 7.76. The van der Waals surface area contributed by atoms with Crippen LogP contribution in [0.15, 0.2) is 0 Å². The number of ether oxygens (including phenoxy) is 1. The van der Waals surface area contributed by atoms with E-state index in [9.17, 15) is 9.59 Å². The van der Waals surface area contributed by atoms with Crippen LogP contribution in [0, 0.1) is 17.2 Å². The zero-order valence-electron chi connectivity index (χ0n) is 8.66. The van der Waals surface area contributed by atoms with Gasteiger partial charge in [0.05, 0.1) is 12.7 Å². The molecule has 0 radical (unpaired) electrons. The Kier molecular flexibility index (Phi) is 6.93. The molecule has 0 spiro atoms. The Labute approximate surface area is 88.4 Å². The van der Waals surface area contributed by atoms with Gasteiger partial charge in [0.15, 0.2) is 0 Å². The zero-order chi connectivity index (χ0) is 11.7. The van der Waals surface area contributed by atoms with Gasteiger partial charge in [-0.15, -0.1) is 0 Å². The van der Waals surface area contributed by atoms with Crippen molar-refractivity contribution >= 4 is 11.8 Å². The minimum absolute atomic E-state index is 0.161. The Bertz CT molecular complexity index is 260. The summed E-state index contributed by atoms with van der Waals surface area (Å²) in [5.74, 6) is -1.49. The van der Waals surface area contributed by atoms with Crippen molar-refractivity contribution in [3.8, 4) is 6.07 Å². The third kappa shape index (κ3) is 6.46. The van der Waals surface area contributed by atoms with Gasteiger partial charge in [-0.25, -0.2) is 0 Å². The Hall–Kier alpha value is -1.61. The van der Waals surface area contributed by atoms with E-state index in [1.54, 1.807) is 6.92 Å². The highest BCUT2D eigenvalue weighted by atomic mass is 16.5. The molecule has 0 aliphatic rings. The van der Waals surface area contributed by atoms with Crippen molar-refractivity contribution in [2.45, 2.75) is 13.3 Å². The molecule has 2 amide bonds. The van der Waals surface area contributed by atoms with E-state index in [0.717, 1.165) is 0 Å². The molecule has 0 heterocycles. The highest BCUT2D eigenvalue weighted by molar-refractivity contribution is 5.80. The summed E-state index contributed by atoms with van der Waals surface area (Å²) < 4.78 is 4.82. The van der Waals surface area contributed by atoms with Gasteiger partial charge >= 0.3 is 0 Å². The molecule has 0 aromatic rings. The molecule has 3 N–H and O–H groups in total. The number of carbonyl (C=O) groups excluding carboxylic acids is 2. The monoisotopic (exact) mass is 213 g/mol. The van der Waals surface area contributed by atoms with Gasteiger partial charge in [0.25, 0.3) is 0 Å². The van der Waals surface area contributed by atoms with E-state index < -0.39 is 11.8 Å². The van der Waals surface area contributed by atoms with E-state index in [1.807, 2.05) is 6.07 Å². The Morgan fingerprint density at radius 1 is 1.60 bits per heavy atom. The molecule has 15 heavy (non-hydrogen) atoms. The predicted molar refractivity (Wildman–Crippen MR) is 52.4 cm³/mol. The first kappa shape index (κ1) is 13.4. The maximum atomic E-state index is 11.2. The lowest BCUT2D eigenvalue weighted by Crippen LogP contribution is -2.33. The average Bonchev–Trinajstić information content (AvgIpc) is 2.18. The molecule has 0 aliphatic heterocycles. The number of nitriles is 1. The van der Waals surface area contributed by atoms with Crippen molar-refractivity contribution in [2.75, 3.05) is 19.8 Å². The van der Waals surface area contributed by atoms with Crippen molar-refractivity contribution in [3.63, 3.8) is 0 Å². The normalized spacial score (nSPS) is 11.5. The van der Waals surface area contributed by atoms with Crippen LogP contribution in [0.5, 0.6) is 0 Å². The molecule has 1 unspecified atom stereocenters. The summed E-state index contributed by atoms with van der Waals surface area (Å²) in [7, 11) is 0. The highest BCUT2D eigenvalue weighted by Crippen LogP contribution is 1.99. The molecule has 0 aromatic carbocycles. The van der Waals surface area contributed by atoms with Crippen LogP contribution in [0.1, 0.15) is 13.3 Å². The summed E-state index contributed by atoms with van der Waals surface area (Å²) in [6, 6.07) is 1.88. The smallest absolute Gasteiger partial charge is 0.243 e. The molecule has 1 atom stereocenters. The highest BCUT2D eigenvalue weighted by Gasteiger charge is 2.13. The first-order valence-electron chi connectivity index (χ1n) is 4.65. The maximum Gasteiger partial charge on any atom is 0.243 e. The van der Waals surface area contributed by atoms with Crippen LogP contribution in [0.2, 0.25) is 0 Å². The molecule has 0 rings (SSSR count). The molecule has 0 saturated heterocycles. The first-order valence-corrected chi connectivity index (χ1v) is 4.65. The van der Waals surface area contributed by atoms with Gasteiger partial charge in [0, 0.05) is 6.54 Å². The fraction of sp³-hybridized carbons (Fsp3) is 0.667. The fourth-order valence-corrected chi connectivity index (χ4v) is 0.878. The van der Waals surface area contributed by atoms with Gasteiger partial charge in [-0.2, -0.15) is 5.26 Å². The number of amides is 2. The molecule has 6 heteroatoms. The molecule has 0 bridgehead atoms. The van der Waals surface area contributed by atoms with Crippen LogP contribution in [-0.2, 0) is 14.3 Å². The van der Waals surface area contributed by atoms with Crippen LogP contribution in [0.3, 0.4) is 0 Å². The number of hydrogen-bond acceptors (Lipinski definition) is 4. The maximum absolute atomic E-state index is 11.2. The Morgan fingerprint density at radius 2 is 2.27 bits per heavy atom. The third-order valence-corrected chi connectivity index (χ3v) is 1.67. The van der Waals surface area contributed by atoms with Gasteiger partial charge in [-0.1, -0.05) is 6.92 Å². The lowest BCUT2D eigenvalue weighted by atomic mass is 10.1. The number of hydrogen-bond donors (Lipinski definition) is 2. The van der Waals surface area contributed by atoms with E-state index >= 15 is 0 Å². The van der Waals surface area contributed by atoms with Crippen molar-refractivity contribution in [2.24, 2.45) is 11.7 Å². The van der Waals surface area contributed by atoms with Crippen LogP contribution in [0.4, 0.5) is 0 Å². The topological polar surface area (TPSA) is 105 Å². The summed E-state index contributed by atoms with van der Waals surface area (Å²) in [6.07, 6.45) is 0.477. The summed E-state index contributed by atoms with van der Waals surface area (Å²) >= 11 is 0. The molecule has 0 aliphatic carbocycles. The summed E-state index contributed by atoms with van der Waals surface area (Å²) in [6.45, 7) is 2.07. The van der Waals surface area contributed by atoms with Crippen LogP contribution >= 0.6 is 0 Å². The average molecular weight is 213 g/mol. The molecule has 0 fully saturated rings. The minimum Gasteiger partial charge on any atom is -0.370 e. The molecule has 0 aromatic heterocycles. The summed E-state index contributed by atoms with van der Waals surface area (Å²) in [4.78, 5) is 21.5. The van der Waals surface area contributed by atoms with Crippen LogP contribution < -0.4 is 11.1 Å². The van der Waals surface area contributed by atoms with Gasteiger partial charge in [-0.05, 0) is 6.42 Å². The van der Waals surface area contributed by atoms with Crippen LogP contribution in [0.25, 0.3) is 0 Å². The SMILES string of the molecule is CCC(C#N)C(=O)NCCOCC(N)=O. The van der Waals surface area contributed by atoms with Gasteiger partial charge in [0.1, 0.15) is 12.5 Å². The number of nitrogens with zero attached hydrogens (tertiary/aromatic N) is 1. The third-order valence-electron chi connectivity index (χ3n) is 1.67. The van der Waals surface area contributed by atoms with E-state index in [-0.39, 0.29) is 25.7 Å². The van der Waals surface area contributed by atoms with Gasteiger partial charge < -0.3 is 15.8 Å². The quantitative estimate of drug-likeness (QED) is 0.537.